The summed E-state index contributed by atoms with van der Waals surface area (Å²) in [5.74, 6) is 0.205. The summed E-state index contributed by atoms with van der Waals surface area (Å²) in [7, 11) is 0. The molecule has 168 valence electrons. The Morgan fingerprint density at radius 2 is 1.55 bits per heavy atom. The summed E-state index contributed by atoms with van der Waals surface area (Å²) in [6.07, 6.45) is 4.97. The SMILES string of the molecule is CC1CCCCN1C(=O)CN1CCN(C(=O)C2CCCN2C(=O)c2ccccc2)CC1. The molecular formula is C24H34N4O3. The number of amides is 3. The molecule has 4 rings (SSSR count). The zero-order valence-corrected chi connectivity index (χ0v) is 18.5. The lowest BCUT2D eigenvalue weighted by molar-refractivity contribution is -0.139. The lowest BCUT2D eigenvalue weighted by Crippen LogP contribution is -2.56. The summed E-state index contributed by atoms with van der Waals surface area (Å²) in [5.41, 5.74) is 0.637. The van der Waals surface area contributed by atoms with E-state index in [1.807, 2.05) is 28.0 Å². The Balaban J connectivity index is 1.29. The van der Waals surface area contributed by atoms with Gasteiger partial charge in [0.1, 0.15) is 6.04 Å². The van der Waals surface area contributed by atoms with E-state index in [-0.39, 0.29) is 23.8 Å². The molecule has 3 aliphatic rings. The quantitative estimate of drug-likeness (QED) is 0.737. The second-order valence-electron chi connectivity index (χ2n) is 9.06. The van der Waals surface area contributed by atoms with Gasteiger partial charge in [-0.1, -0.05) is 18.2 Å². The van der Waals surface area contributed by atoms with E-state index in [4.69, 9.17) is 0 Å². The van der Waals surface area contributed by atoms with Gasteiger partial charge in [0.15, 0.2) is 0 Å². The topological polar surface area (TPSA) is 64.2 Å². The second-order valence-corrected chi connectivity index (χ2v) is 9.06. The molecule has 3 fully saturated rings. The van der Waals surface area contributed by atoms with Gasteiger partial charge in [0.25, 0.3) is 5.91 Å². The molecule has 0 aliphatic carbocycles. The Morgan fingerprint density at radius 1 is 0.839 bits per heavy atom. The summed E-state index contributed by atoms with van der Waals surface area (Å²) in [6, 6.07) is 9.17. The van der Waals surface area contributed by atoms with Gasteiger partial charge in [-0.15, -0.1) is 0 Å². The summed E-state index contributed by atoms with van der Waals surface area (Å²) in [5, 5.41) is 0. The van der Waals surface area contributed by atoms with Gasteiger partial charge in [0.05, 0.1) is 6.54 Å². The Labute approximate surface area is 185 Å². The molecule has 3 heterocycles. The predicted octanol–water partition coefficient (Wildman–Crippen LogP) is 1.84. The van der Waals surface area contributed by atoms with Crippen molar-refractivity contribution in [3.63, 3.8) is 0 Å². The normalized spacial score (nSPS) is 25.0. The third-order valence-corrected chi connectivity index (χ3v) is 6.99. The van der Waals surface area contributed by atoms with Crippen LogP contribution < -0.4 is 0 Å². The number of likely N-dealkylation sites (tertiary alicyclic amines) is 2. The van der Waals surface area contributed by atoms with Crippen LogP contribution in [-0.2, 0) is 9.59 Å². The van der Waals surface area contributed by atoms with E-state index in [1.54, 1.807) is 17.0 Å². The van der Waals surface area contributed by atoms with Crippen molar-refractivity contribution >= 4 is 17.7 Å². The van der Waals surface area contributed by atoms with Crippen molar-refractivity contribution < 1.29 is 14.4 Å². The van der Waals surface area contributed by atoms with Crippen molar-refractivity contribution in [2.75, 3.05) is 45.8 Å². The van der Waals surface area contributed by atoms with Gasteiger partial charge in [-0.05, 0) is 51.2 Å². The molecule has 1 aromatic carbocycles. The fourth-order valence-electron chi connectivity index (χ4n) is 5.10. The van der Waals surface area contributed by atoms with E-state index < -0.39 is 0 Å². The molecule has 7 heteroatoms. The summed E-state index contributed by atoms with van der Waals surface area (Å²) in [6.45, 7) is 6.72. The first kappa shape index (κ1) is 21.8. The summed E-state index contributed by atoms with van der Waals surface area (Å²) in [4.78, 5) is 46.6. The number of carbonyl (C=O) groups excluding carboxylic acids is 3. The number of rotatable bonds is 4. The van der Waals surface area contributed by atoms with E-state index >= 15 is 0 Å². The third kappa shape index (κ3) is 4.92. The number of carbonyl (C=O) groups is 3. The highest BCUT2D eigenvalue weighted by atomic mass is 16.2. The standard InChI is InChI=1S/C24H34N4O3/c1-19-8-5-6-12-27(19)22(29)18-25-14-16-26(17-15-25)24(31)21-11-7-13-28(21)23(30)20-9-3-2-4-10-20/h2-4,9-10,19,21H,5-8,11-18H2,1H3. The van der Waals surface area contributed by atoms with Gasteiger partial charge in [0.2, 0.25) is 11.8 Å². The van der Waals surface area contributed by atoms with Gasteiger partial charge in [-0.25, -0.2) is 0 Å². The zero-order chi connectivity index (χ0) is 21.8. The number of hydrogen-bond acceptors (Lipinski definition) is 4. The molecule has 2 atom stereocenters. The van der Waals surface area contributed by atoms with Crippen LogP contribution >= 0.6 is 0 Å². The maximum absolute atomic E-state index is 13.2. The number of piperidine rings is 1. The number of benzene rings is 1. The van der Waals surface area contributed by atoms with Crippen molar-refractivity contribution in [2.24, 2.45) is 0 Å². The fourth-order valence-corrected chi connectivity index (χ4v) is 5.10. The number of piperazine rings is 1. The first-order valence-corrected chi connectivity index (χ1v) is 11.7. The minimum atomic E-state index is -0.366. The first-order chi connectivity index (χ1) is 15.0. The van der Waals surface area contributed by atoms with Gasteiger partial charge >= 0.3 is 0 Å². The maximum Gasteiger partial charge on any atom is 0.254 e. The van der Waals surface area contributed by atoms with Crippen LogP contribution in [0.3, 0.4) is 0 Å². The van der Waals surface area contributed by atoms with E-state index in [2.05, 4.69) is 11.8 Å². The molecule has 0 bridgehead atoms. The number of nitrogens with zero attached hydrogens (tertiary/aromatic N) is 4. The van der Waals surface area contributed by atoms with Crippen LogP contribution in [0.2, 0.25) is 0 Å². The molecule has 2 unspecified atom stereocenters. The zero-order valence-electron chi connectivity index (χ0n) is 18.5. The third-order valence-electron chi connectivity index (χ3n) is 6.99. The van der Waals surface area contributed by atoms with Crippen LogP contribution in [0.4, 0.5) is 0 Å². The molecule has 3 saturated heterocycles. The van der Waals surface area contributed by atoms with Crippen molar-refractivity contribution in [1.29, 1.82) is 0 Å². The van der Waals surface area contributed by atoms with E-state index in [0.29, 0.717) is 50.9 Å². The van der Waals surface area contributed by atoms with Crippen molar-refractivity contribution in [1.82, 2.24) is 19.6 Å². The molecule has 31 heavy (non-hydrogen) atoms. The molecule has 0 saturated carbocycles. The molecule has 7 nitrogen and oxygen atoms in total. The van der Waals surface area contributed by atoms with Crippen molar-refractivity contribution in [3.8, 4) is 0 Å². The molecule has 3 amide bonds. The smallest absolute Gasteiger partial charge is 0.254 e. The van der Waals surface area contributed by atoms with Gasteiger partial charge in [0, 0.05) is 50.9 Å². The fraction of sp³-hybridized carbons (Fsp3) is 0.625. The highest BCUT2D eigenvalue weighted by Crippen LogP contribution is 2.23. The van der Waals surface area contributed by atoms with Crippen LogP contribution in [0.5, 0.6) is 0 Å². The van der Waals surface area contributed by atoms with Crippen LogP contribution in [0.15, 0.2) is 30.3 Å². The van der Waals surface area contributed by atoms with Crippen LogP contribution in [0, 0.1) is 0 Å². The van der Waals surface area contributed by atoms with Gasteiger partial charge in [-0.3, -0.25) is 19.3 Å². The highest BCUT2D eigenvalue weighted by Gasteiger charge is 2.38. The lowest BCUT2D eigenvalue weighted by atomic mass is 10.0. The average Bonchev–Trinajstić information content (AvgIpc) is 3.29. The van der Waals surface area contributed by atoms with Crippen LogP contribution in [0.25, 0.3) is 0 Å². The van der Waals surface area contributed by atoms with Crippen molar-refractivity contribution in [3.05, 3.63) is 35.9 Å². The molecule has 0 aromatic heterocycles. The molecule has 0 radical (unpaired) electrons. The van der Waals surface area contributed by atoms with Gasteiger partial charge in [-0.2, -0.15) is 0 Å². The lowest BCUT2D eigenvalue weighted by Gasteiger charge is -2.39. The summed E-state index contributed by atoms with van der Waals surface area (Å²) >= 11 is 0. The van der Waals surface area contributed by atoms with Crippen LogP contribution in [-0.4, -0.2) is 95.2 Å². The van der Waals surface area contributed by atoms with E-state index in [9.17, 15) is 14.4 Å². The average molecular weight is 427 g/mol. The number of hydrogen-bond donors (Lipinski definition) is 0. The Kier molecular flexibility index (Phi) is 6.90. The minimum absolute atomic E-state index is 0.0532. The van der Waals surface area contributed by atoms with Crippen molar-refractivity contribution in [2.45, 2.75) is 51.1 Å². The molecule has 3 aliphatic heterocycles. The molecule has 0 spiro atoms. The van der Waals surface area contributed by atoms with E-state index in [0.717, 1.165) is 32.2 Å². The molecular weight excluding hydrogens is 392 g/mol. The largest absolute Gasteiger partial charge is 0.339 e. The predicted molar refractivity (Wildman–Crippen MR) is 119 cm³/mol. The second kappa shape index (κ2) is 9.81. The summed E-state index contributed by atoms with van der Waals surface area (Å²) < 4.78 is 0. The van der Waals surface area contributed by atoms with E-state index in [1.165, 1.54) is 6.42 Å². The Hall–Kier alpha value is -2.41. The Morgan fingerprint density at radius 3 is 2.26 bits per heavy atom. The Bertz CT molecular complexity index is 791. The monoisotopic (exact) mass is 426 g/mol. The van der Waals surface area contributed by atoms with Crippen LogP contribution in [0.1, 0.15) is 49.4 Å². The highest BCUT2D eigenvalue weighted by molar-refractivity contribution is 5.98. The molecule has 0 N–H and O–H groups in total. The first-order valence-electron chi connectivity index (χ1n) is 11.7. The van der Waals surface area contributed by atoms with Gasteiger partial charge < -0.3 is 14.7 Å². The minimum Gasteiger partial charge on any atom is -0.339 e. The molecule has 1 aromatic rings. The maximum atomic E-state index is 13.2.